The van der Waals surface area contributed by atoms with Crippen LogP contribution in [0.25, 0.3) is 0 Å². The number of halogens is 1. The van der Waals surface area contributed by atoms with Gasteiger partial charge in [-0.1, -0.05) is 0 Å². The molecule has 0 radical (unpaired) electrons. The quantitative estimate of drug-likeness (QED) is 0.806. The van der Waals surface area contributed by atoms with Crippen molar-refractivity contribution < 1.29 is 4.79 Å². The Morgan fingerprint density at radius 3 is 2.77 bits per heavy atom. The first-order valence-electron chi connectivity index (χ1n) is 3.66. The summed E-state index contributed by atoms with van der Waals surface area (Å²) in [6, 6.07) is -0.846. The highest BCUT2D eigenvalue weighted by molar-refractivity contribution is 9.10. The maximum atomic E-state index is 11.4. The van der Waals surface area contributed by atoms with Gasteiger partial charge in [-0.2, -0.15) is 0 Å². The molecular formula is C8H9BrN2O2. The molecule has 0 fully saturated rings. The van der Waals surface area contributed by atoms with Crippen molar-refractivity contribution in [2.45, 2.75) is 13.0 Å². The van der Waals surface area contributed by atoms with Crippen LogP contribution in [0.5, 0.6) is 0 Å². The molecule has 4 nitrogen and oxygen atoms in total. The smallest absolute Gasteiger partial charge is 0.200 e. The molecule has 0 aromatic carbocycles. The van der Waals surface area contributed by atoms with Gasteiger partial charge >= 0.3 is 0 Å². The number of ketones is 1. The fourth-order valence-corrected chi connectivity index (χ4v) is 1.28. The molecule has 70 valence electrons. The largest absolute Gasteiger partial charge is 0.366 e. The molecule has 0 amide bonds. The summed E-state index contributed by atoms with van der Waals surface area (Å²) >= 11 is 3.05. The first kappa shape index (κ1) is 10.1. The SMILES string of the molecule is CC(=O)C(N)c1c[nH]cc(Br)c1=O. The fraction of sp³-hybridized carbons (Fsp3) is 0.250. The molecule has 0 spiro atoms. The van der Waals surface area contributed by atoms with E-state index in [2.05, 4.69) is 20.9 Å². The molecule has 1 unspecified atom stereocenters. The van der Waals surface area contributed by atoms with Crippen molar-refractivity contribution in [1.29, 1.82) is 0 Å². The number of hydrogen-bond donors (Lipinski definition) is 2. The van der Waals surface area contributed by atoms with Gasteiger partial charge in [0.05, 0.1) is 10.5 Å². The van der Waals surface area contributed by atoms with Crippen molar-refractivity contribution in [2.75, 3.05) is 0 Å². The van der Waals surface area contributed by atoms with Crippen molar-refractivity contribution in [2.24, 2.45) is 5.73 Å². The normalized spacial score (nSPS) is 12.5. The molecule has 0 saturated carbocycles. The van der Waals surface area contributed by atoms with Crippen molar-refractivity contribution in [3.63, 3.8) is 0 Å². The zero-order chi connectivity index (χ0) is 10.0. The second-order valence-electron chi connectivity index (χ2n) is 2.68. The zero-order valence-corrected chi connectivity index (χ0v) is 8.59. The number of carbonyl (C=O) groups excluding carboxylic acids is 1. The van der Waals surface area contributed by atoms with Crippen LogP contribution in [0.15, 0.2) is 21.7 Å². The van der Waals surface area contributed by atoms with E-state index in [4.69, 9.17) is 5.73 Å². The lowest BCUT2D eigenvalue weighted by atomic mass is 10.1. The average molecular weight is 245 g/mol. The highest BCUT2D eigenvalue weighted by Crippen LogP contribution is 2.08. The van der Waals surface area contributed by atoms with E-state index in [9.17, 15) is 9.59 Å². The number of H-pyrrole nitrogens is 1. The Morgan fingerprint density at radius 1 is 1.62 bits per heavy atom. The van der Waals surface area contributed by atoms with Crippen LogP contribution in [0.1, 0.15) is 18.5 Å². The molecule has 1 aromatic rings. The molecule has 13 heavy (non-hydrogen) atoms. The van der Waals surface area contributed by atoms with E-state index in [0.717, 1.165) is 0 Å². The van der Waals surface area contributed by atoms with Gasteiger partial charge in [0.2, 0.25) is 5.43 Å². The van der Waals surface area contributed by atoms with Gasteiger partial charge < -0.3 is 10.7 Å². The van der Waals surface area contributed by atoms with Crippen molar-refractivity contribution in [3.8, 4) is 0 Å². The van der Waals surface area contributed by atoms with Crippen LogP contribution in [-0.2, 0) is 4.79 Å². The maximum Gasteiger partial charge on any atom is 0.200 e. The van der Waals surface area contributed by atoms with E-state index >= 15 is 0 Å². The summed E-state index contributed by atoms with van der Waals surface area (Å²) in [5.41, 5.74) is 5.55. The Morgan fingerprint density at radius 2 is 2.23 bits per heavy atom. The van der Waals surface area contributed by atoms with Crippen molar-refractivity contribution in [1.82, 2.24) is 4.98 Å². The minimum atomic E-state index is -0.846. The van der Waals surface area contributed by atoms with E-state index in [-0.39, 0.29) is 16.8 Å². The minimum Gasteiger partial charge on any atom is -0.366 e. The molecule has 3 N–H and O–H groups in total. The minimum absolute atomic E-state index is 0.233. The van der Waals surface area contributed by atoms with Crippen LogP contribution in [0, 0.1) is 0 Å². The molecule has 0 aliphatic heterocycles. The Hall–Kier alpha value is -0.940. The van der Waals surface area contributed by atoms with Gasteiger partial charge in [-0.3, -0.25) is 9.59 Å². The van der Waals surface area contributed by atoms with Crippen LogP contribution < -0.4 is 11.2 Å². The molecule has 5 heteroatoms. The molecule has 0 bridgehead atoms. The lowest BCUT2D eigenvalue weighted by Gasteiger charge is -2.06. The van der Waals surface area contributed by atoms with Gasteiger partial charge in [-0.15, -0.1) is 0 Å². The van der Waals surface area contributed by atoms with Crippen LogP contribution in [0.2, 0.25) is 0 Å². The van der Waals surface area contributed by atoms with Crippen molar-refractivity contribution in [3.05, 3.63) is 32.7 Å². The number of carbonyl (C=O) groups is 1. The first-order valence-corrected chi connectivity index (χ1v) is 4.46. The van der Waals surface area contributed by atoms with Crippen LogP contribution in [-0.4, -0.2) is 10.8 Å². The lowest BCUT2D eigenvalue weighted by Crippen LogP contribution is -2.25. The fourth-order valence-electron chi connectivity index (χ4n) is 0.924. The molecular weight excluding hydrogens is 236 g/mol. The van der Waals surface area contributed by atoms with Gasteiger partial charge in [0.15, 0.2) is 5.78 Å². The number of nitrogens with one attached hydrogen (secondary N) is 1. The monoisotopic (exact) mass is 244 g/mol. The van der Waals surface area contributed by atoms with Crippen LogP contribution in [0.3, 0.4) is 0 Å². The van der Waals surface area contributed by atoms with E-state index in [0.29, 0.717) is 4.47 Å². The summed E-state index contributed by atoms with van der Waals surface area (Å²) in [5, 5.41) is 0. The number of aromatic amines is 1. The molecule has 0 aliphatic rings. The number of nitrogens with two attached hydrogens (primary N) is 1. The summed E-state index contributed by atoms with van der Waals surface area (Å²) in [5.74, 6) is -0.233. The number of aromatic nitrogens is 1. The zero-order valence-electron chi connectivity index (χ0n) is 7.00. The van der Waals surface area contributed by atoms with Crippen LogP contribution >= 0.6 is 15.9 Å². The predicted octanol–water partition coefficient (Wildman–Crippen LogP) is 0.726. The highest BCUT2D eigenvalue weighted by Gasteiger charge is 2.15. The number of hydrogen-bond acceptors (Lipinski definition) is 3. The van der Waals surface area contributed by atoms with E-state index in [1.165, 1.54) is 19.3 Å². The molecule has 1 rings (SSSR count). The Labute approximate surface area is 83.3 Å². The van der Waals surface area contributed by atoms with Crippen molar-refractivity contribution >= 4 is 21.7 Å². The van der Waals surface area contributed by atoms with E-state index in [1.54, 1.807) is 0 Å². The Balaban J connectivity index is 3.23. The summed E-state index contributed by atoms with van der Waals surface area (Å²) in [7, 11) is 0. The maximum absolute atomic E-state index is 11.4. The van der Waals surface area contributed by atoms with Gasteiger partial charge in [-0.25, -0.2) is 0 Å². The number of Topliss-reactive ketones (excluding diaryl/α,β-unsaturated/α-hetero) is 1. The topological polar surface area (TPSA) is 76.0 Å². The molecule has 1 aromatic heterocycles. The first-order chi connectivity index (χ1) is 6.04. The summed E-state index contributed by atoms with van der Waals surface area (Å²) in [6.07, 6.45) is 2.94. The average Bonchev–Trinajstić information content (AvgIpc) is 2.08. The second-order valence-corrected chi connectivity index (χ2v) is 3.53. The lowest BCUT2D eigenvalue weighted by molar-refractivity contribution is -0.118. The third kappa shape index (κ3) is 2.05. The van der Waals surface area contributed by atoms with Gasteiger partial charge in [-0.05, 0) is 22.9 Å². The van der Waals surface area contributed by atoms with Gasteiger partial charge in [0.25, 0.3) is 0 Å². The Bertz CT molecular complexity index is 386. The summed E-state index contributed by atoms with van der Waals surface area (Å²) in [4.78, 5) is 25.1. The molecule has 1 atom stereocenters. The predicted molar refractivity (Wildman–Crippen MR) is 52.4 cm³/mol. The molecule has 0 saturated heterocycles. The second kappa shape index (κ2) is 3.85. The molecule has 0 aliphatic carbocycles. The highest BCUT2D eigenvalue weighted by atomic mass is 79.9. The third-order valence-corrected chi connectivity index (χ3v) is 2.29. The van der Waals surface area contributed by atoms with Gasteiger partial charge in [0.1, 0.15) is 0 Å². The third-order valence-electron chi connectivity index (χ3n) is 1.70. The van der Waals surface area contributed by atoms with E-state index < -0.39 is 6.04 Å². The molecule has 1 heterocycles. The Kier molecular flexibility index (Phi) is 3.00. The number of pyridine rings is 1. The number of rotatable bonds is 2. The summed E-state index contributed by atoms with van der Waals surface area (Å²) < 4.78 is 0.377. The van der Waals surface area contributed by atoms with Crippen LogP contribution in [0.4, 0.5) is 0 Å². The van der Waals surface area contributed by atoms with E-state index in [1.807, 2.05) is 0 Å². The summed E-state index contributed by atoms with van der Waals surface area (Å²) in [6.45, 7) is 1.35. The standard InChI is InChI=1S/C8H9BrN2O2/c1-4(12)7(10)5-2-11-3-6(9)8(5)13/h2-3,7H,10H2,1H3,(H,11,13). The van der Waals surface area contributed by atoms with Gasteiger partial charge in [0, 0.05) is 18.0 Å².